The van der Waals surface area contributed by atoms with E-state index in [0.717, 1.165) is 16.5 Å². The monoisotopic (exact) mass is 244 g/mol. The van der Waals surface area contributed by atoms with Crippen LogP contribution in [0.2, 0.25) is 0 Å². The summed E-state index contributed by atoms with van der Waals surface area (Å²) in [6.45, 7) is 5.90. The second-order valence-corrected chi connectivity index (χ2v) is 4.72. The van der Waals surface area contributed by atoms with Crippen molar-refractivity contribution < 1.29 is 0 Å². The van der Waals surface area contributed by atoms with Crippen molar-refractivity contribution in [1.29, 1.82) is 0 Å². The Labute approximate surface area is 107 Å². The van der Waals surface area contributed by atoms with Gasteiger partial charge in [-0.15, -0.1) is 0 Å². The first-order chi connectivity index (χ1) is 8.45. The lowest BCUT2D eigenvalue weighted by molar-refractivity contribution is 0.597. The molecule has 0 bridgehead atoms. The van der Waals surface area contributed by atoms with Crippen molar-refractivity contribution in [3.05, 3.63) is 22.1 Å². The van der Waals surface area contributed by atoms with Crippen molar-refractivity contribution in [1.82, 2.24) is 14.5 Å². The molecule has 0 saturated heterocycles. The van der Waals surface area contributed by atoms with Gasteiger partial charge in [0.2, 0.25) is 11.5 Å². The van der Waals surface area contributed by atoms with Gasteiger partial charge in [0, 0.05) is 18.5 Å². The smallest absolute Gasteiger partial charge is 0.245 e. The molecule has 94 valence electrons. The third-order valence-corrected chi connectivity index (χ3v) is 3.00. The predicted molar refractivity (Wildman–Crippen MR) is 76.6 cm³/mol. The first-order valence-corrected chi connectivity index (χ1v) is 6.04. The van der Waals surface area contributed by atoms with Gasteiger partial charge in [0.05, 0.1) is 5.69 Å². The predicted octanol–water partition coefficient (Wildman–Crippen LogP) is -0.0191. The van der Waals surface area contributed by atoms with Crippen LogP contribution < -0.4 is 16.3 Å². The summed E-state index contributed by atoms with van der Waals surface area (Å²) in [4.78, 5) is 21.0. The first kappa shape index (κ1) is 12.6. The van der Waals surface area contributed by atoms with Crippen molar-refractivity contribution in [3.8, 4) is 0 Å². The second kappa shape index (κ2) is 4.44. The number of hydrogen-bond donors (Lipinski definition) is 1. The van der Waals surface area contributed by atoms with Crippen LogP contribution in [0.15, 0.2) is 10.9 Å². The van der Waals surface area contributed by atoms with Crippen LogP contribution in [0.3, 0.4) is 0 Å². The topological polar surface area (TPSA) is 59.8 Å². The minimum Gasteiger partial charge on any atom is -0.357 e. The minimum absolute atomic E-state index is 0.0117. The van der Waals surface area contributed by atoms with E-state index in [9.17, 15) is 4.79 Å². The highest BCUT2D eigenvalue weighted by atomic mass is 16.1. The van der Waals surface area contributed by atoms with Crippen LogP contribution in [0.4, 0.5) is 5.95 Å². The van der Waals surface area contributed by atoms with Gasteiger partial charge >= 0.3 is 0 Å². The maximum absolute atomic E-state index is 12.2. The zero-order valence-electron chi connectivity index (χ0n) is 11.4. The molecule has 0 atom stereocenters. The van der Waals surface area contributed by atoms with E-state index in [0.29, 0.717) is 11.6 Å². The highest BCUT2D eigenvalue weighted by molar-refractivity contribution is 6.32. The highest BCUT2D eigenvalue weighted by Gasteiger charge is 2.13. The molecule has 0 saturated carbocycles. The van der Waals surface area contributed by atoms with E-state index >= 15 is 0 Å². The Morgan fingerprint density at radius 3 is 2.61 bits per heavy atom. The number of aromatic nitrogens is 3. The molecule has 2 aromatic rings. The Balaban J connectivity index is 2.98. The number of hydrogen-bond acceptors (Lipinski definition) is 4. The summed E-state index contributed by atoms with van der Waals surface area (Å²) in [5, 5.41) is 3.85. The van der Waals surface area contributed by atoms with Gasteiger partial charge in [0.25, 0.3) is 0 Å². The van der Waals surface area contributed by atoms with Gasteiger partial charge in [0.15, 0.2) is 0 Å². The average molecular weight is 244 g/mol. The van der Waals surface area contributed by atoms with Gasteiger partial charge in [0.1, 0.15) is 13.5 Å². The molecule has 18 heavy (non-hydrogen) atoms. The van der Waals surface area contributed by atoms with Crippen LogP contribution >= 0.6 is 0 Å². The Hall–Kier alpha value is -1.85. The standard InChI is InChI=1S/C12H17BN4O/c1-6(2)17-10-8(5-9(13)11(17)18)7(3)15-12(14-4)16-10/h5-6H,13H2,1-4H3,(H,14,15,16). The summed E-state index contributed by atoms with van der Waals surface area (Å²) in [5.74, 6) is 0.539. The van der Waals surface area contributed by atoms with Crippen LogP contribution in [0, 0.1) is 6.92 Å². The lowest BCUT2D eigenvalue weighted by Crippen LogP contribution is -2.36. The molecule has 0 fully saturated rings. The van der Waals surface area contributed by atoms with Crippen molar-refractivity contribution in [3.63, 3.8) is 0 Å². The maximum Gasteiger partial charge on any atom is 0.245 e. The van der Waals surface area contributed by atoms with Gasteiger partial charge in [-0.2, -0.15) is 4.98 Å². The van der Waals surface area contributed by atoms with Crippen molar-refractivity contribution >= 4 is 30.3 Å². The van der Waals surface area contributed by atoms with Gasteiger partial charge in [-0.1, -0.05) is 6.07 Å². The quantitative estimate of drug-likeness (QED) is 0.754. The fourth-order valence-electron chi connectivity index (χ4n) is 2.07. The number of nitrogens with one attached hydrogen (secondary N) is 1. The molecule has 2 heterocycles. The van der Waals surface area contributed by atoms with E-state index in [1.54, 1.807) is 11.6 Å². The van der Waals surface area contributed by atoms with Crippen LogP contribution in [-0.2, 0) is 0 Å². The molecular weight excluding hydrogens is 227 g/mol. The zero-order valence-corrected chi connectivity index (χ0v) is 11.4. The maximum atomic E-state index is 12.2. The Morgan fingerprint density at radius 2 is 2.06 bits per heavy atom. The van der Waals surface area contributed by atoms with Gasteiger partial charge in [-0.25, -0.2) is 4.98 Å². The van der Waals surface area contributed by atoms with Crippen LogP contribution in [0.25, 0.3) is 11.0 Å². The molecule has 0 aromatic carbocycles. The normalized spacial score (nSPS) is 11.2. The van der Waals surface area contributed by atoms with E-state index in [4.69, 9.17) is 0 Å². The summed E-state index contributed by atoms with van der Waals surface area (Å²) < 4.78 is 1.72. The molecule has 0 unspecified atom stereocenters. The number of anilines is 1. The summed E-state index contributed by atoms with van der Waals surface area (Å²) in [5.41, 5.74) is 2.30. The molecule has 0 aliphatic rings. The molecule has 0 spiro atoms. The van der Waals surface area contributed by atoms with Crippen LogP contribution in [0.1, 0.15) is 25.6 Å². The van der Waals surface area contributed by atoms with E-state index in [2.05, 4.69) is 15.3 Å². The van der Waals surface area contributed by atoms with Crippen molar-refractivity contribution in [2.75, 3.05) is 12.4 Å². The summed E-state index contributed by atoms with van der Waals surface area (Å²) in [7, 11) is 3.60. The van der Waals surface area contributed by atoms with Gasteiger partial charge in [-0.05, 0) is 26.2 Å². The molecule has 5 nitrogen and oxygen atoms in total. The fourth-order valence-corrected chi connectivity index (χ4v) is 2.07. The summed E-state index contributed by atoms with van der Waals surface area (Å²) >= 11 is 0. The molecule has 0 radical (unpaired) electrons. The van der Waals surface area contributed by atoms with E-state index in [1.807, 2.05) is 34.7 Å². The van der Waals surface area contributed by atoms with Crippen LogP contribution in [0.5, 0.6) is 0 Å². The van der Waals surface area contributed by atoms with Crippen molar-refractivity contribution in [2.45, 2.75) is 26.8 Å². The minimum atomic E-state index is 0.0117. The van der Waals surface area contributed by atoms with Gasteiger partial charge in [-0.3, -0.25) is 9.36 Å². The van der Waals surface area contributed by atoms with E-state index in [1.165, 1.54) is 0 Å². The number of nitrogens with zero attached hydrogens (tertiary/aromatic N) is 3. The average Bonchev–Trinajstić information content (AvgIpc) is 2.31. The third kappa shape index (κ3) is 1.87. The van der Waals surface area contributed by atoms with Crippen molar-refractivity contribution in [2.24, 2.45) is 0 Å². The molecule has 1 N–H and O–H groups in total. The molecule has 0 aliphatic carbocycles. The molecular formula is C12H17BN4O. The highest BCUT2D eigenvalue weighted by Crippen LogP contribution is 2.17. The third-order valence-electron chi connectivity index (χ3n) is 3.00. The summed E-state index contributed by atoms with van der Waals surface area (Å²) in [6.07, 6.45) is 0. The zero-order chi connectivity index (χ0) is 13.4. The Morgan fingerprint density at radius 1 is 1.39 bits per heavy atom. The SMILES string of the molecule is Bc1cc2c(C)nc(NC)nc2n(C(C)C)c1=O. The van der Waals surface area contributed by atoms with E-state index in [-0.39, 0.29) is 11.6 Å². The van der Waals surface area contributed by atoms with Gasteiger partial charge < -0.3 is 5.32 Å². The number of fused-ring (bicyclic) bond motifs is 1. The summed E-state index contributed by atoms with van der Waals surface area (Å²) in [6, 6.07) is 1.93. The number of rotatable bonds is 2. The molecule has 0 amide bonds. The largest absolute Gasteiger partial charge is 0.357 e. The Bertz CT molecular complexity index is 663. The lowest BCUT2D eigenvalue weighted by atomic mass is 9.96. The molecule has 0 aliphatic heterocycles. The molecule has 2 aromatic heterocycles. The molecule has 6 heteroatoms. The molecule has 2 rings (SSSR count). The number of aryl methyl sites for hydroxylation is 1. The fraction of sp³-hybridized carbons (Fsp3) is 0.417. The van der Waals surface area contributed by atoms with Crippen LogP contribution in [-0.4, -0.2) is 29.4 Å². The number of pyridine rings is 1. The first-order valence-electron chi connectivity index (χ1n) is 6.04. The van der Waals surface area contributed by atoms with E-state index < -0.39 is 0 Å². The second-order valence-electron chi connectivity index (χ2n) is 4.72. The Kier molecular flexibility index (Phi) is 3.11. The lowest BCUT2D eigenvalue weighted by Gasteiger charge is -2.15.